The van der Waals surface area contributed by atoms with Gasteiger partial charge in [0.15, 0.2) is 0 Å². The third-order valence-corrected chi connectivity index (χ3v) is 6.40. The van der Waals surface area contributed by atoms with Gasteiger partial charge in [0, 0.05) is 18.0 Å². The van der Waals surface area contributed by atoms with Crippen molar-refractivity contribution in [2.45, 2.75) is 50.2 Å². The number of hydrogen-bond acceptors (Lipinski definition) is 3. The van der Waals surface area contributed by atoms with Crippen LogP contribution in [0.4, 0.5) is 4.39 Å². The van der Waals surface area contributed by atoms with Crippen molar-refractivity contribution in [3.05, 3.63) is 76.7 Å². The topological polar surface area (TPSA) is 34.5 Å². The van der Waals surface area contributed by atoms with Crippen LogP contribution in [0.25, 0.3) is 10.9 Å². The highest BCUT2D eigenvalue weighted by atomic mass is 35.5. The molecule has 1 unspecified atom stereocenters. The lowest BCUT2D eigenvalue weighted by atomic mass is 9.88. The number of halogens is 2. The number of aliphatic imine (C=N–C) groups is 1. The maximum Gasteiger partial charge on any atom is 0.218 e. The standard InChI is InChI=1S/C24H22ClFN2O/c25-21-20(26)9-8-17-13-18(15-27-22(17)21)23-28-19(12-16-6-2-1-3-7-16)14-24(29-23)10-4-5-11-24/h1-3,6-9,13,15,19H,4-5,10-12,14H2. The van der Waals surface area contributed by atoms with Crippen molar-refractivity contribution in [1.82, 2.24) is 4.98 Å². The van der Waals surface area contributed by atoms with E-state index in [2.05, 4.69) is 29.2 Å². The van der Waals surface area contributed by atoms with Gasteiger partial charge in [-0.2, -0.15) is 0 Å². The van der Waals surface area contributed by atoms with Gasteiger partial charge >= 0.3 is 0 Å². The fourth-order valence-corrected chi connectivity index (χ4v) is 4.86. The summed E-state index contributed by atoms with van der Waals surface area (Å²) in [6.07, 6.45) is 8.05. The Morgan fingerprint density at radius 3 is 2.69 bits per heavy atom. The number of benzene rings is 2. The predicted molar refractivity (Wildman–Crippen MR) is 114 cm³/mol. The molecule has 3 aromatic rings. The van der Waals surface area contributed by atoms with E-state index < -0.39 is 5.82 Å². The van der Waals surface area contributed by atoms with E-state index in [0.29, 0.717) is 11.4 Å². The van der Waals surface area contributed by atoms with Crippen LogP contribution in [-0.2, 0) is 11.2 Å². The molecule has 3 nitrogen and oxygen atoms in total. The average molecular weight is 409 g/mol. The molecule has 1 aliphatic heterocycles. The van der Waals surface area contributed by atoms with Crippen LogP contribution in [0, 0.1) is 5.82 Å². The van der Waals surface area contributed by atoms with E-state index in [1.54, 1.807) is 12.3 Å². The molecule has 0 N–H and O–H groups in total. The van der Waals surface area contributed by atoms with Crippen LogP contribution < -0.4 is 0 Å². The Morgan fingerprint density at radius 1 is 1.10 bits per heavy atom. The summed E-state index contributed by atoms with van der Waals surface area (Å²) >= 11 is 6.08. The van der Waals surface area contributed by atoms with E-state index in [4.69, 9.17) is 21.3 Å². The van der Waals surface area contributed by atoms with Crippen LogP contribution in [0.1, 0.15) is 43.2 Å². The Kier molecular flexibility index (Phi) is 4.75. The number of nitrogens with zero attached hydrogens (tertiary/aromatic N) is 2. The molecular weight excluding hydrogens is 387 g/mol. The van der Waals surface area contributed by atoms with E-state index in [1.807, 2.05) is 12.1 Å². The molecule has 2 aromatic carbocycles. The van der Waals surface area contributed by atoms with E-state index in [9.17, 15) is 4.39 Å². The molecule has 148 valence electrons. The number of aromatic nitrogens is 1. The highest BCUT2D eigenvalue weighted by molar-refractivity contribution is 6.35. The molecule has 1 fully saturated rings. The zero-order valence-corrected chi connectivity index (χ0v) is 16.8. The molecule has 1 aromatic heterocycles. The molecule has 5 heteroatoms. The Morgan fingerprint density at radius 2 is 1.90 bits per heavy atom. The number of hydrogen-bond donors (Lipinski definition) is 0. The Hall–Kier alpha value is -2.46. The molecule has 0 amide bonds. The van der Waals surface area contributed by atoms with Crippen molar-refractivity contribution in [3.63, 3.8) is 0 Å². The zero-order chi connectivity index (χ0) is 19.8. The molecule has 29 heavy (non-hydrogen) atoms. The molecule has 0 radical (unpaired) electrons. The quantitative estimate of drug-likeness (QED) is 0.523. The third kappa shape index (κ3) is 3.62. The highest BCUT2D eigenvalue weighted by Crippen LogP contribution is 2.41. The van der Waals surface area contributed by atoms with E-state index in [-0.39, 0.29) is 16.7 Å². The van der Waals surface area contributed by atoms with Crippen molar-refractivity contribution in [3.8, 4) is 0 Å². The van der Waals surface area contributed by atoms with Crippen LogP contribution in [0.5, 0.6) is 0 Å². The van der Waals surface area contributed by atoms with Gasteiger partial charge in [0.2, 0.25) is 5.90 Å². The summed E-state index contributed by atoms with van der Waals surface area (Å²) in [6.45, 7) is 0. The molecule has 2 aliphatic rings. The van der Waals surface area contributed by atoms with Gasteiger partial charge in [-0.25, -0.2) is 9.38 Å². The van der Waals surface area contributed by atoms with Crippen molar-refractivity contribution in [2.75, 3.05) is 0 Å². The lowest BCUT2D eigenvalue weighted by molar-refractivity contribution is 0.0333. The van der Waals surface area contributed by atoms with Gasteiger partial charge < -0.3 is 4.74 Å². The summed E-state index contributed by atoms with van der Waals surface area (Å²) in [6, 6.07) is 15.7. The fourth-order valence-electron chi connectivity index (χ4n) is 4.64. The third-order valence-electron chi connectivity index (χ3n) is 6.04. The Labute approximate surface area is 174 Å². The van der Waals surface area contributed by atoms with Crippen molar-refractivity contribution >= 4 is 28.4 Å². The van der Waals surface area contributed by atoms with Crippen molar-refractivity contribution in [1.29, 1.82) is 0 Å². The lowest BCUT2D eigenvalue weighted by Gasteiger charge is -2.37. The van der Waals surface area contributed by atoms with Crippen LogP contribution in [0.2, 0.25) is 5.02 Å². The molecule has 1 aliphatic carbocycles. The average Bonchev–Trinajstić information content (AvgIpc) is 3.18. The van der Waals surface area contributed by atoms with Gasteiger partial charge in [-0.3, -0.25) is 4.98 Å². The van der Waals surface area contributed by atoms with Crippen molar-refractivity contribution in [2.24, 2.45) is 4.99 Å². The minimum absolute atomic E-state index is 0.0507. The van der Waals surface area contributed by atoms with Gasteiger partial charge in [-0.1, -0.05) is 41.9 Å². The van der Waals surface area contributed by atoms with Crippen LogP contribution in [-0.4, -0.2) is 22.5 Å². The summed E-state index contributed by atoms with van der Waals surface area (Å²) in [4.78, 5) is 9.37. The Balaban J connectivity index is 1.52. The number of fused-ring (bicyclic) bond motifs is 1. The van der Waals surface area contributed by atoms with Gasteiger partial charge in [0.1, 0.15) is 16.4 Å². The summed E-state index contributed by atoms with van der Waals surface area (Å²) in [5, 5.41) is 0.834. The second-order valence-electron chi connectivity index (χ2n) is 8.13. The first-order valence-electron chi connectivity index (χ1n) is 10.2. The van der Waals surface area contributed by atoms with Gasteiger partial charge in [-0.05, 0) is 55.9 Å². The first kappa shape index (κ1) is 18.6. The predicted octanol–water partition coefficient (Wildman–Crippen LogP) is 6.12. The minimum Gasteiger partial charge on any atom is -0.471 e. The van der Waals surface area contributed by atoms with Gasteiger partial charge in [0.05, 0.1) is 17.1 Å². The second kappa shape index (κ2) is 7.42. The molecule has 0 saturated heterocycles. The van der Waals surface area contributed by atoms with E-state index in [1.165, 1.54) is 24.5 Å². The van der Waals surface area contributed by atoms with E-state index >= 15 is 0 Å². The largest absolute Gasteiger partial charge is 0.471 e. The molecule has 2 heterocycles. The first-order chi connectivity index (χ1) is 14.1. The SMILES string of the molecule is Fc1ccc2cc(C3=NC(Cc4ccccc4)CC4(CCCC4)O3)cnc2c1Cl. The summed E-state index contributed by atoms with van der Waals surface area (Å²) in [5.74, 6) is 0.187. The van der Waals surface area contributed by atoms with Crippen LogP contribution in [0.15, 0.2) is 59.7 Å². The number of pyridine rings is 1. The molecule has 1 saturated carbocycles. The monoisotopic (exact) mass is 408 g/mol. The normalized spacial score (nSPS) is 20.6. The van der Waals surface area contributed by atoms with E-state index in [0.717, 1.165) is 36.6 Å². The number of rotatable bonds is 3. The molecular formula is C24H22ClFN2O. The fraction of sp³-hybridized carbons (Fsp3) is 0.333. The van der Waals surface area contributed by atoms with Crippen LogP contribution in [0.3, 0.4) is 0 Å². The first-order valence-corrected chi connectivity index (χ1v) is 10.5. The van der Waals surface area contributed by atoms with Crippen molar-refractivity contribution < 1.29 is 9.13 Å². The molecule has 1 atom stereocenters. The molecule has 1 spiro atoms. The van der Waals surface area contributed by atoms with Gasteiger partial charge in [0.25, 0.3) is 0 Å². The highest BCUT2D eigenvalue weighted by Gasteiger charge is 2.42. The number of ether oxygens (including phenoxy) is 1. The van der Waals surface area contributed by atoms with Gasteiger partial charge in [-0.15, -0.1) is 0 Å². The maximum absolute atomic E-state index is 13.7. The summed E-state index contributed by atoms with van der Waals surface area (Å²) in [5.41, 5.74) is 2.44. The second-order valence-corrected chi connectivity index (χ2v) is 8.51. The smallest absolute Gasteiger partial charge is 0.218 e. The van der Waals surface area contributed by atoms with Crippen LogP contribution >= 0.6 is 11.6 Å². The molecule has 0 bridgehead atoms. The lowest BCUT2D eigenvalue weighted by Crippen LogP contribution is -2.41. The minimum atomic E-state index is -0.460. The summed E-state index contributed by atoms with van der Waals surface area (Å²) < 4.78 is 20.2. The maximum atomic E-state index is 13.7. The Bertz CT molecular complexity index is 1080. The zero-order valence-electron chi connectivity index (χ0n) is 16.1. The molecule has 5 rings (SSSR count). The summed E-state index contributed by atoms with van der Waals surface area (Å²) in [7, 11) is 0.